The second kappa shape index (κ2) is 7.11. The van der Waals surface area contributed by atoms with Crippen LogP contribution in [0.3, 0.4) is 0 Å². The predicted octanol–water partition coefficient (Wildman–Crippen LogP) is 2.05. The number of hydrogen-bond acceptors (Lipinski definition) is 2. The maximum atomic E-state index is 5.51. The van der Waals surface area contributed by atoms with Crippen molar-refractivity contribution in [2.75, 3.05) is 26.3 Å². The Morgan fingerprint density at radius 2 is 2.06 bits per heavy atom. The molecule has 2 nitrogen and oxygen atoms in total. The number of nitrogens with one attached hydrogen (secondary N) is 1. The molecule has 1 aromatic carbocycles. The highest BCUT2D eigenvalue weighted by Gasteiger charge is 2.20. The van der Waals surface area contributed by atoms with E-state index in [9.17, 15) is 0 Å². The number of benzene rings is 1. The summed E-state index contributed by atoms with van der Waals surface area (Å²) in [5, 5.41) is 3.25. The van der Waals surface area contributed by atoms with E-state index in [-0.39, 0.29) is 0 Å². The maximum Gasteiger partial charge on any atom is 0.0591 e. The molecule has 0 radical (unpaired) electrons. The molecule has 0 spiro atoms. The van der Waals surface area contributed by atoms with Crippen LogP contribution in [0.25, 0.3) is 0 Å². The van der Waals surface area contributed by atoms with Crippen molar-refractivity contribution >= 4 is 0 Å². The van der Waals surface area contributed by atoms with Crippen molar-refractivity contribution in [1.82, 2.24) is 5.32 Å². The number of hydrogen-bond donors (Lipinski definition) is 1. The van der Waals surface area contributed by atoms with Crippen LogP contribution in [0.5, 0.6) is 0 Å². The van der Waals surface area contributed by atoms with Gasteiger partial charge in [0.1, 0.15) is 0 Å². The van der Waals surface area contributed by atoms with E-state index in [1.165, 1.54) is 12.8 Å². The molecule has 90 valence electrons. The molecule has 0 amide bonds. The van der Waals surface area contributed by atoms with Crippen LogP contribution in [0.2, 0.25) is 0 Å². The average molecular weight is 229 g/mol. The molecule has 0 saturated heterocycles. The summed E-state index contributed by atoms with van der Waals surface area (Å²) in [5.74, 6) is 7.06. The van der Waals surface area contributed by atoms with Crippen molar-refractivity contribution in [2.24, 2.45) is 5.92 Å². The van der Waals surface area contributed by atoms with Gasteiger partial charge in [-0.3, -0.25) is 0 Å². The lowest BCUT2D eigenvalue weighted by Crippen LogP contribution is -2.20. The quantitative estimate of drug-likeness (QED) is 0.595. The molecule has 1 fully saturated rings. The summed E-state index contributed by atoms with van der Waals surface area (Å²) in [5.41, 5.74) is 1.07. The normalized spacial score (nSPS) is 14.1. The molecule has 0 bridgehead atoms. The minimum atomic E-state index is 0.724. The molecule has 1 N–H and O–H groups in total. The molecule has 2 rings (SSSR count). The Kier molecular flexibility index (Phi) is 5.09. The van der Waals surface area contributed by atoms with Crippen molar-refractivity contribution in [2.45, 2.75) is 12.8 Å². The van der Waals surface area contributed by atoms with E-state index >= 15 is 0 Å². The summed E-state index contributed by atoms with van der Waals surface area (Å²) >= 11 is 0. The summed E-state index contributed by atoms with van der Waals surface area (Å²) in [7, 11) is 0. The highest BCUT2D eigenvalue weighted by Crippen LogP contribution is 2.28. The smallest absolute Gasteiger partial charge is 0.0591 e. The molecule has 2 heteroatoms. The van der Waals surface area contributed by atoms with Crippen molar-refractivity contribution in [3.05, 3.63) is 35.9 Å². The van der Waals surface area contributed by atoms with Crippen molar-refractivity contribution in [1.29, 1.82) is 0 Å². The van der Waals surface area contributed by atoms with Gasteiger partial charge >= 0.3 is 0 Å². The minimum absolute atomic E-state index is 0.724. The van der Waals surface area contributed by atoms with E-state index in [1.54, 1.807) is 0 Å². The van der Waals surface area contributed by atoms with Gasteiger partial charge in [0.05, 0.1) is 13.2 Å². The molecule has 1 aliphatic carbocycles. The molecule has 0 aliphatic heterocycles. The first-order chi connectivity index (χ1) is 8.45. The number of ether oxygens (including phenoxy) is 1. The van der Waals surface area contributed by atoms with Crippen LogP contribution in [-0.2, 0) is 4.74 Å². The van der Waals surface area contributed by atoms with Crippen LogP contribution < -0.4 is 5.32 Å². The Balaban J connectivity index is 1.49. The lowest BCUT2D eigenvalue weighted by molar-refractivity contribution is 0.127. The van der Waals surface area contributed by atoms with Crippen LogP contribution in [0.4, 0.5) is 0 Å². The first kappa shape index (κ1) is 12.2. The van der Waals surface area contributed by atoms with Crippen LogP contribution in [0.15, 0.2) is 30.3 Å². The second-order valence-corrected chi connectivity index (χ2v) is 4.36. The summed E-state index contributed by atoms with van der Waals surface area (Å²) in [4.78, 5) is 0. The third-order valence-electron chi connectivity index (χ3n) is 2.69. The summed E-state index contributed by atoms with van der Waals surface area (Å²) < 4.78 is 5.51. The van der Waals surface area contributed by atoms with Crippen LogP contribution in [0.1, 0.15) is 18.4 Å². The topological polar surface area (TPSA) is 21.3 Å². The Hall–Kier alpha value is -1.30. The molecule has 1 aliphatic rings. The van der Waals surface area contributed by atoms with Crippen molar-refractivity contribution in [3.63, 3.8) is 0 Å². The van der Waals surface area contributed by atoms with Gasteiger partial charge < -0.3 is 10.1 Å². The zero-order valence-corrected chi connectivity index (χ0v) is 10.1. The Morgan fingerprint density at radius 3 is 2.82 bits per heavy atom. The monoisotopic (exact) mass is 229 g/mol. The molecule has 0 unspecified atom stereocenters. The average Bonchev–Trinajstić information content (AvgIpc) is 3.18. The summed E-state index contributed by atoms with van der Waals surface area (Å²) in [6.07, 6.45) is 2.71. The second-order valence-electron chi connectivity index (χ2n) is 4.36. The molecule has 0 aromatic heterocycles. The first-order valence-electron chi connectivity index (χ1n) is 6.27. The summed E-state index contributed by atoms with van der Waals surface area (Å²) in [6, 6.07) is 10.0. The fourth-order valence-electron chi connectivity index (χ4n) is 1.50. The van der Waals surface area contributed by atoms with E-state index in [1.807, 2.05) is 30.3 Å². The largest absolute Gasteiger partial charge is 0.380 e. The Labute approximate surface area is 103 Å². The third-order valence-corrected chi connectivity index (χ3v) is 2.69. The Morgan fingerprint density at radius 1 is 1.24 bits per heavy atom. The van der Waals surface area contributed by atoms with Gasteiger partial charge in [0.15, 0.2) is 0 Å². The third kappa shape index (κ3) is 5.53. The SMILES string of the molecule is C(#Cc1ccccc1)CNCCOCC1CC1. The highest BCUT2D eigenvalue weighted by atomic mass is 16.5. The van der Waals surface area contributed by atoms with E-state index in [0.29, 0.717) is 0 Å². The van der Waals surface area contributed by atoms with Gasteiger partial charge in [0.2, 0.25) is 0 Å². The zero-order chi connectivity index (χ0) is 11.8. The van der Waals surface area contributed by atoms with Crippen LogP contribution in [0, 0.1) is 17.8 Å². The molecule has 1 saturated carbocycles. The molecule has 0 atom stereocenters. The van der Waals surface area contributed by atoms with E-state index in [0.717, 1.165) is 37.8 Å². The van der Waals surface area contributed by atoms with Gasteiger partial charge in [0, 0.05) is 18.7 Å². The molecular weight excluding hydrogens is 210 g/mol. The molecule has 1 aromatic rings. The van der Waals surface area contributed by atoms with Crippen molar-refractivity contribution in [3.8, 4) is 11.8 Å². The first-order valence-corrected chi connectivity index (χ1v) is 6.27. The standard InChI is InChI=1S/C15H19NO/c1-2-5-14(6-3-1)7-4-10-16-11-12-17-13-15-8-9-15/h1-3,5-6,15-16H,8-13H2. The molecule has 0 heterocycles. The van der Waals surface area contributed by atoms with Gasteiger partial charge in [-0.1, -0.05) is 30.0 Å². The van der Waals surface area contributed by atoms with Crippen molar-refractivity contribution < 1.29 is 4.74 Å². The lowest BCUT2D eigenvalue weighted by Gasteiger charge is -2.02. The minimum Gasteiger partial charge on any atom is -0.380 e. The lowest BCUT2D eigenvalue weighted by atomic mass is 10.2. The van der Waals surface area contributed by atoms with Gasteiger partial charge in [-0.15, -0.1) is 0 Å². The highest BCUT2D eigenvalue weighted by molar-refractivity contribution is 5.33. The zero-order valence-electron chi connectivity index (χ0n) is 10.1. The van der Waals surface area contributed by atoms with Gasteiger partial charge in [-0.25, -0.2) is 0 Å². The predicted molar refractivity (Wildman–Crippen MR) is 69.7 cm³/mol. The van der Waals surface area contributed by atoms with E-state index < -0.39 is 0 Å². The Bertz CT molecular complexity index is 373. The summed E-state index contributed by atoms with van der Waals surface area (Å²) in [6.45, 7) is 3.35. The number of rotatable bonds is 6. The van der Waals surface area contributed by atoms with E-state index in [4.69, 9.17) is 4.74 Å². The maximum absolute atomic E-state index is 5.51. The molecule has 17 heavy (non-hydrogen) atoms. The van der Waals surface area contributed by atoms with E-state index in [2.05, 4.69) is 17.2 Å². The fourth-order valence-corrected chi connectivity index (χ4v) is 1.50. The fraction of sp³-hybridized carbons (Fsp3) is 0.467. The van der Waals surface area contributed by atoms with Gasteiger partial charge in [0.25, 0.3) is 0 Å². The van der Waals surface area contributed by atoms with Gasteiger partial charge in [-0.2, -0.15) is 0 Å². The van der Waals surface area contributed by atoms with Crippen LogP contribution in [-0.4, -0.2) is 26.3 Å². The van der Waals surface area contributed by atoms with Crippen LogP contribution >= 0.6 is 0 Å². The molecular formula is C15H19NO. The van der Waals surface area contributed by atoms with Gasteiger partial charge in [-0.05, 0) is 30.9 Å².